The quantitative estimate of drug-likeness (QED) is 0.0965. The van der Waals surface area contributed by atoms with E-state index in [-0.39, 0.29) is 25.4 Å². The number of hydrogen-bond donors (Lipinski definition) is 2. The molecule has 0 saturated carbocycles. The fourth-order valence-corrected chi connectivity index (χ4v) is 7.02. The predicted molar refractivity (Wildman–Crippen MR) is 207 cm³/mol. The molecule has 2 N–H and O–H groups in total. The highest BCUT2D eigenvalue weighted by Gasteiger charge is 2.23. The first-order valence-electron chi connectivity index (χ1n) is 17.7. The van der Waals surface area contributed by atoms with Crippen molar-refractivity contribution in [1.82, 2.24) is 19.9 Å². The lowest BCUT2D eigenvalue weighted by Gasteiger charge is -2.10. The highest BCUT2D eigenvalue weighted by molar-refractivity contribution is 5.95. The molecule has 2 aliphatic heterocycles. The zero-order valence-corrected chi connectivity index (χ0v) is 31.6. The number of hydrogen-bond acceptors (Lipinski definition) is 8. The number of esters is 2. The lowest BCUT2D eigenvalue weighted by Crippen LogP contribution is -2.02. The van der Waals surface area contributed by atoms with Gasteiger partial charge in [-0.25, -0.2) is 19.6 Å². The summed E-state index contributed by atoms with van der Waals surface area (Å²) in [5.41, 5.74) is 15.5. The third-order valence-corrected chi connectivity index (χ3v) is 10.1. The van der Waals surface area contributed by atoms with E-state index in [0.29, 0.717) is 25.7 Å². The molecule has 3 aromatic rings. The minimum atomic E-state index is -0.443. The number of H-pyrrole nitrogens is 2. The van der Waals surface area contributed by atoms with E-state index in [2.05, 4.69) is 82.0 Å². The topological polar surface area (TPSA) is 128 Å². The van der Waals surface area contributed by atoms with E-state index in [0.717, 1.165) is 89.4 Å². The Hall–Kier alpha value is -5.06. The molecule has 2 atom stereocenters. The first-order valence-corrected chi connectivity index (χ1v) is 17.7. The van der Waals surface area contributed by atoms with Crippen molar-refractivity contribution in [3.05, 3.63) is 94.6 Å². The number of methoxy groups -OCH3 is 2. The van der Waals surface area contributed by atoms with Crippen LogP contribution in [-0.4, -0.2) is 59.3 Å². The average Bonchev–Trinajstić information content (AvgIpc) is 3.80. The number of aromatic amines is 2. The molecule has 0 spiro atoms. The Balaban J connectivity index is 1.81. The summed E-state index contributed by atoms with van der Waals surface area (Å²) >= 11 is 0. The van der Waals surface area contributed by atoms with E-state index < -0.39 is 11.9 Å². The maximum absolute atomic E-state index is 11.8. The van der Waals surface area contributed by atoms with Gasteiger partial charge in [0.25, 0.3) is 0 Å². The van der Waals surface area contributed by atoms with Gasteiger partial charge in [0.15, 0.2) is 0 Å². The zero-order chi connectivity index (χ0) is 37.7. The molecule has 52 heavy (non-hydrogen) atoms. The highest BCUT2D eigenvalue weighted by Crippen LogP contribution is 2.39. The van der Waals surface area contributed by atoms with Gasteiger partial charge in [-0.3, -0.25) is 0 Å². The second-order valence-electron chi connectivity index (χ2n) is 13.2. The Kier molecular flexibility index (Phi) is 12.1. The summed E-state index contributed by atoms with van der Waals surface area (Å²) in [6.07, 6.45) is 4.52. The van der Waals surface area contributed by atoms with Gasteiger partial charge in [0.2, 0.25) is 0 Å². The van der Waals surface area contributed by atoms with Gasteiger partial charge >= 0.3 is 11.9 Å². The van der Waals surface area contributed by atoms with E-state index in [4.69, 9.17) is 28.9 Å². The number of aromatic nitrogens is 4. The van der Waals surface area contributed by atoms with Crippen LogP contribution in [0.15, 0.2) is 49.6 Å². The van der Waals surface area contributed by atoms with Crippen LogP contribution in [0.2, 0.25) is 0 Å². The van der Waals surface area contributed by atoms with E-state index in [9.17, 15) is 9.59 Å². The zero-order valence-electron chi connectivity index (χ0n) is 31.6. The number of nitrogens with one attached hydrogen (secondary N) is 2. The fraction of sp³-hybridized carbons (Fsp3) is 0.381. The molecular formula is C42H50N4O6. The largest absolute Gasteiger partial charge is 0.463 e. The molecule has 0 aromatic carbocycles. The van der Waals surface area contributed by atoms with Crippen molar-refractivity contribution >= 4 is 56.3 Å². The van der Waals surface area contributed by atoms with Gasteiger partial charge in [0.05, 0.1) is 48.2 Å². The van der Waals surface area contributed by atoms with Crippen LogP contribution in [0.4, 0.5) is 0 Å². The smallest absolute Gasteiger partial charge is 0.330 e. The SMILES string of the molecule is C=CC(=O)OCCCC1=C(C)c2cc3[nH]c(cc4[nH]c(cc5nc(cc1n2)C(CCCOC(=O)C=C)=C5C)c(C(C)OC)c4C)c(C(C)OC)c3C. The van der Waals surface area contributed by atoms with Gasteiger partial charge in [-0.15, -0.1) is 0 Å². The molecule has 8 bridgehead atoms. The minimum Gasteiger partial charge on any atom is -0.463 e. The van der Waals surface area contributed by atoms with Crippen LogP contribution in [-0.2, 0) is 28.5 Å². The predicted octanol–water partition coefficient (Wildman–Crippen LogP) is 9.23. The fourth-order valence-electron chi connectivity index (χ4n) is 7.02. The minimum absolute atomic E-state index is 0.162. The van der Waals surface area contributed by atoms with Crippen molar-refractivity contribution < 1.29 is 28.5 Å². The molecule has 2 aliphatic rings. The molecule has 10 nitrogen and oxygen atoms in total. The van der Waals surface area contributed by atoms with Gasteiger partial charge < -0.3 is 28.9 Å². The molecule has 0 amide bonds. The summed E-state index contributed by atoms with van der Waals surface area (Å²) in [6, 6.07) is 8.39. The Labute approximate surface area is 305 Å². The summed E-state index contributed by atoms with van der Waals surface area (Å²) in [5, 5.41) is 0. The third kappa shape index (κ3) is 7.88. The molecular weight excluding hydrogens is 656 g/mol. The van der Waals surface area contributed by atoms with Gasteiger partial charge in [-0.2, -0.15) is 0 Å². The molecule has 0 saturated heterocycles. The number of fused-ring (bicyclic) bond motifs is 8. The molecule has 5 heterocycles. The monoisotopic (exact) mass is 706 g/mol. The number of ether oxygens (including phenoxy) is 4. The summed E-state index contributed by atoms with van der Waals surface area (Å²) < 4.78 is 22.4. The van der Waals surface area contributed by atoms with Crippen molar-refractivity contribution in [2.75, 3.05) is 27.4 Å². The van der Waals surface area contributed by atoms with Crippen molar-refractivity contribution in [3.8, 4) is 0 Å². The molecule has 0 aliphatic carbocycles. The van der Waals surface area contributed by atoms with Crippen molar-refractivity contribution in [2.24, 2.45) is 0 Å². The van der Waals surface area contributed by atoms with E-state index >= 15 is 0 Å². The Bertz CT molecular complexity index is 2130. The molecule has 2 unspecified atom stereocenters. The normalized spacial score (nSPS) is 14.0. The van der Waals surface area contributed by atoms with Crippen molar-refractivity contribution in [2.45, 2.75) is 79.4 Å². The van der Waals surface area contributed by atoms with Crippen molar-refractivity contribution in [1.29, 1.82) is 0 Å². The number of allylic oxidation sites excluding steroid dienone is 4. The summed E-state index contributed by atoms with van der Waals surface area (Å²) in [7, 11) is 3.44. The van der Waals surface area contributed by atoms with Crippen molar-refractivity contribution in [3.63, 3.8) is 0 Å². The number of nitrogens with zero attached hydrogens (tertiary/aromatic N) is 2. The first-order chi connectivity index (χ1) is 24.9. The second kappa shape index (κ2) is 16.5. The van der Waals surface area contributed by atoms with E-state index in [1.807, 2.05) is 6.92 Å². The molecule has 10 heteroatoms. The molecule has 274 valence electrons. The second-order valence-corrected chi connectivity index (χ2v) is 13.2. The van der Waals surface area contributed by atoms with Gasteiger partial charge in [-0.05, 0) is 125 Å². The Morgan fingerprint density at radius 3 is 1.48 bits per heavy atom. The number of aryl methyl sites for hydroxylation is 2. The van der Waals surface area contributed by atoms with E-state index in [1.54, 1.807) is 14.2 Å². The summed E-state index contributed by atoms with van der Waals surface area (Å²) in [5.74, 6) is -0.885. The average molecular weight is 707 g/mol. The molecule has 0 radical (unpaired) electrons. The van der Waals surface area contributed by atoms with Crippen LogP contribution < -0.4 is 0 Å². The van der Waals surface area contributed by atoms with Crippen LogP contribution in [0.25, 0.3) is 44.4 Å². The van der Waals surface area contributed by atoms with Gasteiger partial charge in [-0.1, -0.05) is 13.2 Å². The standard InChI is InChI=1S/C42H50N4O6/c1-11-39(47)51-17-13-15-29-23(3)31-19-33-25(5)41(27(7)49-9)38(45-33)21-34-26(6)42(28(8)50-10)37(46-34)20-32-24(4)30(16-14-18-52-40(48)12-2)36(44-32)22-35(29)43-31/h11-12,19-22,27-28,45-46H,1-2,13-18H2,3-10H3. The van der Waals surface area contributed by atoms with Crippen LogP contribution in [0.1, 0.15) is 111 Å². The van der Waals surface area contributed by atoms with Crippen LogP contribution in [0.3, 0.4) is 0 Å². The van der Waals surface area contributed by atoms with Crippen LogP contribution in [0, 0.1) is 13.8 Å². The Morgan fingerprint density at radius 2 is 1.06 bits per heavy atom. The number of carbonyl (C=O) groups excluding carboxylic acids is 2. The van der Waals surface area contributed by atoms with Gasteiger partial charge in [0, 0.05) is 59.6 Å². The number of carbonyl (C=O) groups is 2. The molecule has 5 rings (SSSR count). The lowest BCUT2D eigenvalue weighted by atomic mass is 9.98. The maximum Gasteiger partial charge on any atom is 0.330 e. The van der Waals surface area contributed by atoms with Gasteiger partial charge in [0.1, 0.15) is 0 Å². The molecule has 3 aromatic heterocycles. The summed E-state index contributed by atoms with van der Waals surface area (Å²) in [4.78, 5) is 41.3. The highest BCUT2D eigenvalue weighted by atomic mass is 16.5. The Morgan fingerprint density at radius 1 is 0.654 bits per heavy atom. The van der Waals surface area contributed by atoms with E-state index in [1.165, 1.54) is 12.2 Å². The maximum atomic E-state index is 11.8. The van der Waals surface area contributed by atoms with Crippen LogP contribution in [0.5, 0.6) is 0 Å². The summed E-state index contributed by atoms with van der Waals surface area (Å²) in [6.45, 7) is 20.0. The third-order valence-electron chi connectivity index (χ3n) is 10.1. The number of rotatable bonds is 14. The van der Waals surface area contributed by atoms with Crippen LogP contribution >= 0.6 is 0 Å². The first kappa shape index (κ1) is 38.2. The molecule has 0 fully saturated rings. The lowest BCUT2D eigenvalue weighted by molar-refractivity contribution is -0.138.